The zero-order chi connectivity index (χ0) is 36.4. The van der Waals surface area contributed by atoms with Gasteiger partial charge in [-0.2, -0.15) is 0 Å². The van der Waals surface area contributed by atoms with E-state index < -0.39 is 0 Å². The van der Waals surface area contributed by atoms with Crippen molar-refractivity contribution in [1.82, 2.24) is 9.47 Å². The Bertz CT molecular complexity index is 2560. The molecular weight excluding hydrogens is 653 g/mol. The standard InChI is InChI=1S/C52H48N2/c1-35-18-29-44-45-30-28-43(34-49(45)52(2,3)48(44)32-35)53(40-14-8-5-9-15-40)41-24-21-38(22-25-41)39-23-31-51-47(33-39)46-16-10-11-17-50(46)54(51)42-26-19-37(20-27-42)36-12-6-4-7-13-36/h4-8,10-14,16-24,26-31,33,35,41,49H,9,15,25,32,34H2,1-3H3. The van der Waals surface area contributed by atoms with Crippen LogP contribution in [0.25, 0.3) is 44.2 Å². The van der Waals surface area contributed by atoms with Gasteiger partial charge in [-0.3, -0.25) is 0 Å². The third kappa shape index (κ3) is 5.46. The van der Waals surface area contributed by atoms with Crippen molar-refractivity contribution in [3.8, 4) is 16.8 Å². The number of hydrogen-bond acceptors (Lipinski definition) is 1. The molecule has 5 aromatic rings. The average molecular weight is 701 g/mol. The molecule has 0 radical (unpaired) electrons. The highest BCUT2D eigenvalue weighted by Gasteiger charge is 2.46. The largest absolute Gasteiger partial charge is 0.341 e. The Balaban J connectivity index is 0.960. The van der Waals surface area contributed by atoms with Crippen molar-refractivity contribution < 1.29 is 0 Å². The zero-order valence-electron chi connectivity index (χ0n) is 31.7. The Morgan fingerprint density at radius 2 is 1.48 bits per heavy atom. The summed E-state index contributed by atoms with van der Waals surface area (Å²) in [7, 11) is 0. The van der Waals surface area contributed by atoms with Crippen molar-refractivity contribution in [2.75, 3.05) is 0 Å². The van der Waals surface area contributed by atoms with Gasteiger partial charge in [0.2, 0.25) is 0 Å². The molecule has 1 heterocycles. The minimum Gasteiger partial charge on any atom is -0.341 e. The molecule has 54 heavy (non-hydrogen) atoms. The van der Waals surface area contributed by atoms with Gasteiger partial charge in [-0.1, -0.05) is 142 Å². The van der Waals surface area contributed by atoms with Crippen LogP contribution in [0.3, 0.4) is 0 Å². The molecule has 2 heteroatoms. The molecule has 5 aliphatic carbocycles. The smallest absolute Gasteiger partial charge is 0.0554 e. The van der Waals surface area contributed by atoms with Gasteiger partial charge in [0.1, 0.15) is 0 Å². The van der Waals surface area contributed by atoms with Crippen LogP contribution in [-0.4, -0.2) is 15.5 Å². The Morgan fingerprint density at radius 1 is 0.704 bits per heavy atom. The van der Waals surface area contributed by atoms with Gasteiger partial charge in [0.05, 0.1) is 17.1 Å². The maximum absolute atomic E-state index is 2.70. The number of fused-ring (bicyclic) bond motifs is 5. The number of nitrogens with zero attached hydrogens (tertiary/aromatic N) is 2. The molecule has 0 spiro atoms. The molecular formula is C52H48N2. The van der Waals surface area contributed by atoms with Crippen LogP contribution in [0.5, 0.6) is 0 Å². The Kier molecular flexibility index (Phi) is 7.98. The van der Waals surface area contributed by atoms with Gasteiger partial charge in [-0.25, -0.2) is 0 Å². The van der Waals surface area contributed by atoms with Crippen molar-refractivity contribution in [2.24, 2.45) is 17.3 Å². The fraction of sp³-hybridized carbons (Fsp3) is 0.231. The number of hydrogen-bond donors (Lipinski definition) is 0. The summed E-state index contributed by atoms with van der Waals surface area (Å²) >= 11 is 0. The van der Waals surface area contributed by atoms with Crippen molar-refractivity contribution in [1.29, 1.82) is 0 Å². The summed E-state index contributed by atoms with van der Waals surface area (Å²) in [6.45, 7) is 7.36. The first-order valence-corrected chi connectivity index (χ1v) is 20.0. The lowest BCUT2D eigenvalue weighted by atomic mass is 9.71. The monoisotopic (exact) mass is 700 g/mol. The zero-order valence-corrected chi connectivity index (χ0v) is 31.7. The van der Waals surface area contributed by atoms with Gasteiger partial charge in [0.25, 0.3) is 0 Å². The van der Waals surface area contributed by atoms with E-state index in [1.165, 1.54) is 73.1 Å². The molecule has 4 aromatic carbocycles. The molecule has 10 rings (SSSR count). The van der Waals surface area contributed by atoms with Crippen LogP contribution in [0, 0.1) is 17.3 Å². The molecule has 5 aliphatic rings. The van der Waals surface area contributed by atoms with Gasteiger partial charge >= 0.3 is 0 Å². The van der Waals surface area contributed by atoms with Crippen LogP contribution in [0.2, 0.25) is 0 Å². The maximum atomic E-state index is 2.70. The van der Waals surface area contributed by atoms with E-state index in [1.54, 1.807) is 11.1 Å². The predicted octanol–water partition coefficient (Wildman–Crippen LogP) is 13.5. The average Bonchev–Trinajstić information content (AvgIpc) is 3.66. The number of para-hydroxylation sites is 1. The van der Waals surface area contributed by atoms with E-state index in [2.05, 4.69) is 188 Å². The first-order valence-electron chi connectivity index (χ1n) is 20.0. The van der Waals surface area contributed by atoms with Gasteiger partial charge in [-0.15, -0.1) is 0 Å². The number of rotatable bonds is 6. The lowest BCUT2D eigenvalue weighted by Gasteiger charge is -2.41. The van der Waals surface area contributed by atoms with Gasteiger partial charge in [0.15, 0.2) is 0 Å². The topological polar surface area (TPSA) is 8.17 Å². The summed E-state index contributed by atoms with van der Waals surface area (Å²) in [5.74, 6) is 1.14. The van der Waals surface area contributed by atoms with E-state index in [1.807, 2.05) is 0 Å². The molecule has 0 saturated carbocycles. The van der Waals surface area contributed by atoms with E-state index in [9.17, 15) is 0 Å². The summed E-state index contributed by atoms with van der Waals surface area (Å²) in [5, 5.41) is 2.58. The van der Waals surface area contributed by atoms with Crippen LogP contribution in [0.15, 0.2) is 186 Å². The second kappa shape index (κ2) is 13.1. The highest BCUT2D eigenvalue weighted by molar-refractivity contribution is 6.10. The minimum absolute atomic E-state index is 0.176. The highest BCUT2D eigenvalue weighted by Crippen LogP contribution is 2.58. The van der Waals surface area contributed by atoms with Gasteiger partial charge < -0.3 is 9.47 Å². The molecule has 3 atom stereocenters. The van der Waals surface area contributed by atoms with Crippen LogP contribution in [0.1, 0.15) is 58.4 Å². The molecule has 0 saturated heterocycles. The lowest BCUT2D eigenvalue weighted by Crippen LogP contribution is -2.36. The van der Waals surface area contributed by atoms with Crippen LogP contribution in [0.4, 0.5) is 0 Å². The van der Waals surface area contributed by atoms with Gasteiger partial charge in [-0.05, 0) is 125 Å². The Labute approximate surface area is 320 Å². The fourth-order valence-electron chi connectivity index (χ4n) is 10.0. The Morgan fingerprint density at radius 3 is 2.28 bits per heavy atom. The Hall–Kier alpha value is -5.60. The summed E-state index contributed by atoms with van der Waals surface area (Å²) in [5.41, 5.74) is 16.6. The number of allylic oxidation sites excluding steroid dienone is 14. The molecule has 0 amide bonds. The molecule has 0 N–H and O–H groups in total. The van der Waals surface area contributed by atoms with E-state index in [0.717, 1.165) is 25.7 Å². The first kappa shape index (κ1) is 33.0. The second-order valence-electron chi connectivity index (χ2n) is 16.5. The minimum atomic E-state index is 0.176. The summed E-state index contributed by atoms with van der Waals surface area (Å²) in [6.07, 6.45) is 29.5. The summed E-state index contributed by atoms with van der Waals surface area (Å²) in [6, 6.07) is 35.8. The second-order valence-corrected chi connectivity index (χ2v) is 16.5. The van der Waals surface area contributed by atoms with Crippen LogP contribution in [-0.2, 0) is 0 Å². The molecule has 0 bridgehead atoms. The molecule has 1 aromatic heterocycles. The normalized spacial score (nSPS) is 22.8. The lowest BCUT2D eigenvalue weighted by molar-refractivity contribution is 0.268. The van der Waals surface area contributed by atoms with Crippen molar-refractivity contribution in [3.05, 3.63) is 191 Å². The first-order chi connectivity index (χ1) is 26.4. The fourth-order valence-corrected chi connectivity index (χ4v) is 10.0. The molecule has 266 valence electrons. The molecule has 0 fully saturated rings. The van der Waals surface area contributed by atoms with E-state index >= 15 is 0 Å². The maximum Gasteiger partial charge on any atom is 0.0554 e. The van der Waals surface area contributed by atoms with E-state index in [0.29, 0.717) is 17.9 Å². The molecule has 3 unspecified atom stereocenters. The van der Waals surface area contributed by atoms with E-state index in [-0.39, 0.29) is 5.41 Å². The highest BCUT2D eigenvalue weighted by atomic mass is 15.2. The quantitative estimate of drug-likeness (QED) is 0.171. The number of benzene rings is 4. The van der Waals surface area contributed by atoms with Crippen LogP contribution >= 0.6 is 0 Å². The molecule has 0 aliphatic heterocycles. The summed E-state index contributed by atoms with van der Waals surface area (Å²) in [4.78, 5) is 2.70. The van der Waals surface area contributed by atoms with Crippen molar-refractivity contribution >= 4 is 27.4 Å². The van der Waals surface area contributed by atoms with Crippen molar-refractivity contribution in [2.45, 2.75) is 58.9 Å². The van der Waals surface area contributed by atoms with Crippen LogP contribution < -0.4 is 0 Å². The SMILES string of the molecule is CC1C=CC2=C(C1)C(C)(C)C1CC(N(C3=CC=CCC3)C3C=CC(c4ccc5c(c4)c4ccccc4n5-c4ccc(-c5ccccc5)cc4)=CC3)=CC=C21. The number of aromatic nitrogens is 1. The predicted molar refractivity (Wildman–Crippen MR) is 228 cm³/mol. The summed E-state index contributed by atoms with van der Waals surface area (Å²) < 4.78 is 2.42. The third-order valence-corrected chi connectivity index (χ3v) is 12.9. The van der Waals surface area contributed by atoms with E-state index in [4.69, 9.17) is 0 Å². The van der Waals surface area contributed by atoms with Crippen molar-refractivity contribution in [3.63, 3.8) is 0 Å². The van der Waals surface area contributed by atoms with Gasteiger partial charge in [0, 0.05) is 27.9 Å². The molecule has 2 nitrogen and oxygen atoms in total. The third-order valence-electron chi connectivity index (χ3n) is 12.9.